The normalized spacial score (nSPS) is 28.6. The molecule has 44 heavy (non-hydrogen) atoms. The van der Waals surface area contributed by atoms with E-state index in [2.05, 4.69) is 53.1 Å². The molecule has 0 aromatic heterocycles. The van der Waals surface area contributed by atoms with Crippen molar-refractivity contribution in [3.63, 3.8) is 0 Å². The first kappa shape index (κ1) is 34.3. The number of nitrogens with one attached hydrogen (secondary N) is 5. The Morgan fingerprint density at radius 3 is 2.23 bits per heavy atom. The summed E-state index contributed by atoms with van der Waals surface area (Å²) >= 11 is 4.35. The summed E-state index contributed by atoms with van der Waals surface area (Å²) in [6.07, 6.45) is 2.51. The molecule has 0 bridgehead atoms. The number of hydrogen-bond acceptors (Lipinski definition) is 7. The lowest BCUT2D eigenvalue weighted by Gasteiger charge is -2.39. The van der Waals surface area contributed by atoms with E-state index in [0.717, 1.165) is 12.8 Å². The maximum absolute atomic E-state index is 14.2. The number of urea groups is 1. The molecule has 0 radical (unpaired) electrons. The Kier molecular flexibility index (Phi) is 9.36. The summed E-state index contributed by atoms with van der Waals surface area (Å²) in [5, 5.41) is 25.5. The molecule has 0 aromatic carbocycles. The zero-order chi connectivity index (χ0) is 33.0. The van der Waals surface area contributed by atoms with Crippen LogP contribution < -0.4 is 26.6 Å². The molecular formula is C31H52N6O6S. The van der Waals surface area contributed by atoms with Crippen LogP contribution in [-0.4, -0.2) is 87.9 Å². The first-order chi connectivity index (χ1) is 20.1. The Labute approximate surface area is 266 Å². The molecule has 12 nitrogen and oxygen atoms in total. The number of fused-ring (bicyclic) bond motifs is 1. The predicted octanol–water partition coefficient (Wildman–Crippen LogP) is 1.14. The van der Waals surface area contributed by atoms with Gasteiger partial charge in [-0.3, -0.25) is 19.2 Å². The maximum atomic E-state index is 14.2. The maximum Gasteiger partial charge on any atom is 0.315 e. The van der Waals surface area contributed by atoms with Crippen molar-refractivity contribution in [2.75, 3.05) is 19.6 Å². The fourth-order valence-corrected chi connectivity index (χ4v) is 6.97. The highest BCUT2D eigenvalue weighted by Crippen LogP contribution is 2.65. The highest BCUT2D eigenvalue weighted by atomic mass is 32.1. The summed E-state index contributed by atoms with van der Waals surface area (Å²) in [4.78, 5) is 66.1. The number of likely N-dealkylation sites (tertiary alicyclic amines) is 1. The van der Waals surface area contributed by atoms with E-state index >= 15 is 0 Å². The third-order valence-electron chi connectivity index (χ3n) is 9.70. The molecule has 0 spiro atoms. The Morgan fingerprint density at radius 1 is 1.07 bits per heavy atom. The molecule has 4 rings (SSSR count). The Bertz CT molecular complexity index is 1170. The Hall–Kier alpha value is -2.54. The van der Waals surface area contributed by atoms with E-state index in [0.29, 0.717) is 32.0 Å². The Morgan fingerprint density at radius 2 is 1.70 bits per heavy atom. The number of aliphatic hydroxyl groups is 1. The van der Waals surface area contributed by atoms with Crippen LogP contribution in [0.15, 0.2) is 0 Å². The van der Waals surface area contributed by atoms with Crippen LogP contribution in [0.2, 0.25) is 0 Å². The van der Waals surface area contributed by atoms with Gasteiger partial charge in [-0.1, -0.05) is 34.6 Å². The first-order valence-electron chi connectivity index (χ1n) is 15.8. The fraction of sp³-hybridized carbons (Fsp3) is 0.839. The molecular weight excluding hydrogens is 584 g/mol. The number of rotatable bonds is 10. The summed E-state index contributed by atoms with van der Waals surface area (Å²) in [5.74, 6) is -2.07. The molecule has 2 saturated heterocycles. The number of nitrogens with zero attached hydrogens (tertiary/aromatic N) is 1. The average Bonchev–Trinajstić information content (AvgIpc) is 3.67. The lowest BCUT2D eigenvalue weighted by Crippen LogP contribution is -2.64. The third kappa shape index (κ3) is 7.46. The second-order valence-corrected chi connectivity index (χ2v) is 16.7. The van der Waals surface area contributed by atoms with Crippen LogP contribution in [0, 0.1) is 34.5 Å². The van der Waals surface area contributed by atoms with Crippen molar-refractivity contribution in [1.29, 1.82) is 0 Å². The van der Waals surface area contributed by atoms with Gasteiger partial charge < -0.3 is 36.6 Å². The monoisotopic (exact) mass is 636 g/mol. The van der Waals surface area contributed by atoms with E-state index in [1.807, 2.05) is 41.5 Å². The van der Waals surface area contributed by atoms with Gasteiger partial charge in [-0.15, -0.1) is 12.6 Å². The van der Waals surface area contributed by atoms with Crippen molar-refractivity contribution in [2.45, 2.75) is 110 Å². The second-order valence-electron chi connectivity index (χ2n) is 16.0. The molecule has 0 aromatic rings. The number of piperidine rings is 1. The van der Waals surface area contributed by atoms with Gasteiger partial charge in [0.1, 0.15) is 12.1 Å². The van der Waals surface area contributed by atoms with Gasteiger partial charge >= 0.3 is 6.03 Å². The van der Waals surface area contributed by atoms with Gasteiger partial charge in [-0.25, -0.2) is 4.79 Å². The van der Waals surface area contributed by atoms with Crippen LogP contribution >= 0.6 is 12.6 Å². The van der Waals surface area contributed by atoms with Gasteiger partial charge in [-0.05, 0) is 75.0 Å². The van der Waals surface area contributed by atoms with E-state index in [1.165, 1.54) is 4.90 Å². The molecule has 0 unspecified atom stereocenters. The van der Waals surface area contributed by atoms with Gasteiger partial charge in [0.25, 0.3) is 5.91 Å². The molecule has 248 valence electrons. The van der Waals surface area contributed by atoms with Crippen molar-refractivity contribution in [3.8, 4) is 0 Å². The van der Waals surface area contributed by atoms with Crippen molar-refractivity contribution >= 4 is 42.3 Å². The highest BCUT2D eigenvalue weighted by Gasteiger charge is 2.70. The smallest absolute Gasteiger partial charge is 0.315 e. The predicted molar refractivity (Wildman–Crippen MR) is 168 cm³/mol. The zero-order valence-electron chi connectivity index (χ0n) is 27.4. The van der Waals surface area contributed by atoms with E-state index in [4.69, 9.17) is 0 Å². The number of carbonyl (C=O) groups excluding carboxylic acids is 5. The fourth-order valence-electron chi connectivity index (χ4n) is 6.72. The van der Waals surface area contributed by atoms with Gasteiger partial charge in [0.2, 0.25) is 22.7 Å². The van der Waals surface area contributed by atoms with Crippen LogP contribution in [0.1, 0.15) is 81.1 Å². The number of thiol groups is 1. The van der Waals surface area contributed by atoms with Gasteiger partial charge in [0, 0.05) is 31.1 Å². The van der Waals surface area contributed by atoms with Crippen molar-refractivity contribution in [3.05, 3.63) is 0 Å². The van der Waals surface area contributed by atoms with E-state index in [9.17, 15) is 29.1 Å². The molecule has 4 fully saturated rings. The Balaban J connectivity index is 1.58. The molecule has 2 aliphatic carbocycles. The highest BCUT2D eigenvalue weighted by molar-refractivity contribution is 7.82. The molecule has 4 aliphatic rings. The standard InChI is InChI=1S/C31H52N6O6S/c1-28(2,3)22(35-27(42)36-29(4,5)6)25(40)37-15-18-20(30(18,7)8)21(37)24(39)34-19(13-17-11-12-32-23(17)38)31(43,44)26(41)33-14-16-9-10-16/h16-22,43-44H,9-15H2,1-8H3,(H,32,38)(H,33,41)(H,34,39)(H2,35,36,42)/t17-,18-,19-,20-,21-,22+,31-/m0/s1. The first-order valence-corrected chi connectivity index (χ1v) is 16.3. The molecule has 2 heterocycles. The van der Waals surface area contributed by atoms with E-state index in [1.54, 1.807) is 0 Å². The topological polar surface area (TPSA) is 169 Å². The molecule has 2 aliphatic heterocycles. The van der Waals surface area contributed by atoms with Crippen molar-refractivity contribution in [2.24, 2.45) is 34.5 Å². The zero-order valence-corrected chi connectivity index (χ0v) is 28.3. The van der Waals surface area contributed by atoms with E-state index in [-0.39, 0.29) is 35.5 Å². The average molecular weight is 637 g/mol. The number of hydrogen-bond donors (Lipinski definition) is 7. The van der Waals surface area contributed by atoms with Crippen LogP contribution in [0.4, 0.5) is 4.79 Å². The molecule has 6 N–H and O–H groups in total. The minimum absolute atomic E-state index is 0.00568. The SMILES string of the molecule is CC(C)(C)NC(=O)N[C@H](C(=O)N1C[C@H]2[C@@H]([C@H]1C(=O)N[C@@H](C[C@@H]1CCNC1=O)[C@](O)(S)C(=O)NCC1CC1)C2(C)C)C(C)(C)C. The second kappa shape index (κ2) is 12.0. The summed E-state index contributed by atoms with van der Waals surface area (Å²) < 4.78 is 0. The minimum atomic E-state index is -2.29. The van der Waals surface area contributed by atoms with Crippen molar-refractivity contribution in [1.82, 2.24) is 31.5 Å². The van der Waals surface area contributed by atoms with Crippen LogP contribution in [0.3, 0.4) is 0 Å². The summed E-state index contributed by atoms with van der Waals surface area (Å²) in [6.45, 7) is 16.4. The molecule has 7 atom stereocenters. The number of amides is 6. The van der Waals surface area contributed by atoms with Gasteiger partial charge in [-0.2, -0.15) is 0 Å². The lowest BCUT2D eigenvalue weighted by molar-refractivity contribution is -0.145. The number of carbonyl (C=O) groups is 5. The van der Waals surface area contributed by atoms with Crippen LogP contribution in [-0.2, 0) is 19.2 Å². The molecule has 2 saturated carbocycles. The van der Waals surface area contributed by atoms with Gasteiger partial charge in [0.15, 0.2) is 0 Å². The summed E-state index contributed by atoms with van der Waals surface area (Å²) in [5.41, 5.74) is -1.39. The summed E-state index contributed by atoms with van der Waals surface area (Å²) in [7, 11) is 0. The van der Waals surface area contributed by atoms with Crippen molar-refractivity contribution < 1.29 is 29.1 Å². The lowest BCUT2D eigenvalue weighted by atomic mass is 9.85. The minimum Gasteiger partial charge on any atom is -0.369 e. The van der Waals surface area contributed by atoms with Crippen LogP contribution in [0.25, 0.3) is 0 Å². The van der Waals surface area contributed by atoms with Crippen LogP contribution in [0.5, 0.6) is 0 Å². The summed E-state index contributed by atoms with van der Waals surface area (Å²) in [6, 6.07) is -3.49. The molecule has 13 heteroatoms. The third-order valence-corrected chi connectivity index (χ3v) is 10.2. The molecule has 6 amide bonds. The largest absolute Gasteiger partial charge is 0.369 e. The van der Waals surface area contributed by atoms with E-state index < -0.39 is 57.8 Å². The van der Waals surface area contributed by atoms with Gasteiger partial charge in [0.05, 0.1) is 6.04 Å². The quantitative estimate of drug-likeness (QED) is 0.140.